The van der Waals surface area contributed by atoms with Crippen LogP contribution >= 0.6 is 10.6 Å². The van der Waals surface area contributed by atoms with Gasteiger partial charge in [0, 0.05) is 12.5 Å². The van der Waals surface area contributed by atoms with Crippen LogP contribution in [-0.2, 0) is 35.0 Å². The molecule has 0 saturated carbocycles. The molecule has 0 saturated heterocycles. The van der Waals surface area contributed by atoms with E-state index in [4.69, 9.17) is 0 Å². The van der Waals surface area contributed by atoms with E-state index in [2.05, 4.69) is 14.7 Å². The molecule has 2 N–H and O–H groups in total. The number of halogens is 3. The first-order chi connectivity index (χ1) is 12.5. The molecular weight excluding hydrogens is 385 g/mol. The van der Waals surface area contributed by atoms with Crippen LogP contribution in [0.2, 0.25) is 0 Å². The molecule has 0 aliphatic carbocycles. The van der Waals surface area contributed by atoms with E-state index in [1.807, 2.05) is 0 Å². The summed E-state index contributed by atoms with van der Waals surface area (Å²) in [5, 5.41) is -0.437. The largest absolute Gasteiger partial charge is 0.469 e. The predicted octanol–water partition coefficient (Wildman–Crippen LogP) is 3.74. The molecule has 1 aromatic carbocycles. The van der Waals surface area contributed by atoms with Crippen LogP contribution in [0.4, 0.5) is 13.2 Å². The molecule has 0 bridgehead atoms. The fraction of sp³-hybridized carbons (Fsp3) is 0.353. The summed E-state index contributed by atoms with van der Waals surface area (Å²) in [5.41, 5.74) is -0.0335. The zero-order valence-corrected chi connectivity index (χ0v) is 15.5. The second-order valence-corrected chi connectivity index (χ2v) is 7.90. The number of methoxy groups -OCH3 is 1. The van der Waals surface area contributed by atoms with Gasteiger partial charge in [0.2, 0.25) is 5.16 Å². The van der Waals surface area contributed by atoms with E-state index in [9.17, 15) is 27.1 Å². The Labute approximate surface area is 155 Å². The van der Waals surface area contributed by atoms with Gasteiger partial charge in [0.05, 0.1) is 24.8 Å². The molecule has 0 unspecified atom stereocenters. The summed E-state index contributed by atoms with van der Waals surface area (Å²) in [6.07, 6.45) is -2.99. The average Bonchev–Trinajstić information content (AvgIpc) is 2.59. The number of carbonyl (C=O) groups excluding carboxylic acids is 1. The van der Waals surface area contributed by atoms with E-state index in [0.29, 0.717) is 17.3 Å². The van der Waals surface area contributed by atoms with Gasteiger partial charge in [0.1, 0.15) is 0 Å². The maximum absolute atomic E-state index is 13.2. The first-order valence-corrected chi connectivity index (χ1v) is 9.78. The zero-order valence-electron chi connectivity index (χ0n) is 14.7. The second kappa shape index (κ2) is 8.24. The van der Waals surface area contributed by atoms with Gasteiger partial charge < -0.3 is 4.74 Å². The van der Waals surface area contributed by atoms with Crippen molar-refractivity contribution in [2.45, 2.75) is 30.6 Å². The Morgan fingerprint density at radius 2 is 1.81 bits per heavy atom. The Hall–Kier alpha value is -2.17. The number of nitrogens with zero attached hydrogens (tertiary/aromatic N) is 2. The first-order valence-electron chi connectivity index (χ1n) is 7.82. The summed E-state index contributed by atoms with van der Waals surface area (Å²) in [7, 11) is -2.09. The summed E-state index contributed by atoms with van der Waals surface area (Å²) in [6.45, 7) is 0. The Bertz CT molecular complexity index is 823. The molecular formula is C17H19F3N2O4S. The quantitative estimate of drug-likeness (QED) is 0.563. The molecule has 2 rings (SSSR count). The molecule has 0 atom stereocenters. The van der Waals surface area contributed by atoms with E-state index in [0.717, 1.165) is 6.26 Å². The van der Waals surface area contributed by atoms with Crippen molar-refractivity contribution in [1.82, 2.24) is 9.97 Å². The lowest BCUT2D eigenvalue weighted by Crippen LogP contribution is -2.15. The smallest absolute Gasteiger partial charge is 0.419 e. The fourth-order valence-corrected chi connectivity index (χ4v) is 3.00. The van der Waals surface area contributed by atoms with Gasteiger partial charge in [-0.2, -0.15) is 13.2 Å². The van der Waals surface area contributed by atoms with Gasteiger partial charge in [-0.3, -0.25) is 13.9 Å². The lowest BCUT2D eigenvalue weighted by atomic mass is 9.98. The maximum atomic E-state index is 13.2. The number of benzene rings is 1. The topological polar surface area (TPSA) is 92.5 Å². The minimum Gasteiger partial charge on any atom is -0.469 e. The minimum absolute atomic E-state index is 0.00330. The van der Waals surface area contributed by atoms with E-state index >= 15 is 0 Å². The van der Waals surface area contributed by atoms with E-state index < -0.39 is 33.5 Å². The number of hydrogen-bond acceptors (Lipinski definition) is 6. The molecule has 10 heteroatoms. The lowest BCUT2D eigenvalue weighted by Gasteiger charge is -2.25. The van der Waals surface area contributed by atoms with Crippen molar-refractivity contribution in [3.8, 4) is 0 Å². The normalized spacial score (nSPS) is 12.7. The Balaban J connectivity index is 2.33. The van der Waals surface area contributed by atoms with Gasteiger partial charge in [-0.1, -0.05) is 24.3 Å². The standard InChI is InChI=1S/C17H19F3N2O4S/c1-26-15(23)9-12-6-4-3-5-11(12)7-8-14-13(17(18,19)20)10-21-16(22-14)27(2,24)25/h3-6,10,24-25H,7-9H2,1-2H3. The third-order valence-electron chi connectivity index (χ3n) is 3.81. The molecule has 27 heavy (non-hydrogen) atoms. The van der Waals surface area contributed by atoms with E-state index in [1.54, 1.807) is 24.3 Å². The molecule has 0 aliphatic heterocycles. The monoisotopic (exact) mass is 404 g/mol. The summed E-state index contributed by atoms with van der Waals surface area (Å²) in [6, 6.07) is 6.85. The molecule has 0 aliphatic rings. The highest BCUT2D eigenvalue weighted by molar-refractivity contribution is 8.23. The molecule has 1 heterocycles. The lowest BCUT2D eigenvalue weighted by molar-refractivity contribution is -0.140. The van der Waals surface area contributed by atoms with Crippen LogP contribution in [0.3, 0.4) is 0 Å². The van der Waals surface area contributed by atoms with Crippen molar-refractivity contribution in [2.75, 3.05) is 13.4 Å². The van der Waals surface area contributed by atoms with Gasteiger partial charge in [-0.15, -0.1) is 10.6 Å². The molecule has 0 fully saturated rings. The van der Waals surface area contributed by atoms with Crippen LogP contribution in [0.15, 0.2) is 35.6 Å². The number of ether oxygens (including phenoxy) is 1. The highest BCUT2D eigenvalue weighted by Gasteiger charge is 2.35. The minimum atomic E-state index is -4.67. The van der Waals surface area contributed by atoms with Crippen molar-refractivity contribution in [3.63, 3.8) is 0 Å². The van der Waals surface area contributed by atoms with Crippen LogP contribution in [0.25, 0.3) is 0 Å². The highest BCUT2D eigenvalue weighted by atomic mass is 32.3. The Morgan fingerprint density at radius 1 is 1.19 bits per heavy atom. The van der Waals surface area contributed by atoms with Crippen LogP contribution in [0.1, 0.15) is 22.4 Å². The first kappa shape index (κ1) is 21.1. The van der Waals surface area contributed by atoms with Crippen molar-refractivity contribution in [1.29, 1.82) is 0 Å². The van der Waals surface area contributed by atoms with Crippen LogP contribution in [0, 0.1) is 0 Å². The van der Waals surface area contributed by atoms with Crippen molar-refractivity contribution in [2.24, 2.45) is 0 Å². The van der Waals surface area contributed by atoms with Crippen molar-refractivity contribution in [3.05, 3.63) is 52.8 Å². The van der Waals surface area contributed by atoms with Crippen molar-refractivity contribution < 1.29 is 31.8 Å². The van der Waals surface area contributed by atoms with Crippen molar-refractivity contribution >= 4 is 16.6 Å². The third kappa shape index (κ3) is 5.65. The number of aryl methyl sites for hydroxylation is 2. The Kier molecular flexibility index (Phi) is 6.45. The summed E-state index contributed by atoms with van der Waals surface area (Å²) in [5.74, 6) is -0.456. The number of esters is 1. The second-order valence-electron chi connectivity index (χ2n) is 5.87. The molecule has 0 amide bonds. The molecule has 1 aromatic heterocycles. The molecule has 2 aromatic rings. The number of aromatic nitrogens is 2. The average molecular weight is 404 g/mol. The fourth-order valence-electron chi connectivity index (χ4n) is 2.47. The summed E-state index contributed by atoms with van der Waals surface area (Å²) >= 11 is 0. The van der Waals surface area contributed by atoms with Gasteiger partial charge in [0.15, 0.2) is 0 Å². The Morgan fingerprint density at radius 3 is 2.37 bits per heavy atom. The molecule has 0 radical (unpaired) electrons. The zero-order chi connectivity index (χ0) is 20.2. The number of rotatable bonds is 6. The van der Waals surface area contributed by atoms with Crippen LogP contribution in [0.5, 0.6) is 0 Å². The van der Waals surface area contributed by atoms with Gasteiger partial charge in [-0.25, -0.2) is 9.97 Å². The molecule has 6 nitrogen and oxygen atoms in total. The van der Waals surface area contributed by atoms with Crippen LogP contribution in [-0.4, -0.2) is 38.4 Å². The number of hydrogen-bond donors (Lipinski definition) is 2. The van der Waals surface area contributed by atoms with Gasteiger partial charge in [0.25, 0.3) is 0 Å². The van der Waals surface area contributed by atoms with E-state index in [-0.39, 0.29) is 25.0 Å². The molecule has 0 spiro atoms. The summed E-state index contributed by atoms with van der Waals surface area (Å²) < 4.78 is 63.6. The number of carbonyl (C=O) groups is 1. The predicted molar refractivity (Wildman–Crippen MR) is 93.6 cm³/mol. The van der Waals surface area contributed by atoms with Gasteiger partial charge in [-0.05, 0) is 24.0 Å². The van der Waals surface area contributed by atoms with Crippen LogP contribution < -0.4 is 0 Å². The molecule has 148 valence electrons. The SMILES string of the molecule is COC(=O)Cc1ccccc1CCc1nc(S(C)(O)O)ncc1C(F)(F)F. The maximum Gasteiger partial charge on any atom is 0.419 e. The number of alkyl halides is 3. The summed E-state index contributed by atoms with van der Waals surface area (Å²) in [4.78, 5) is 18.7. The van der Waals surface area contributed by atoms with Gasteiger partial charge >= 0.3 is 12.1 Å². The van der Waals surface area contributed by atoms with E-state index in [1.165, 1.54) is 7.11 Å². The third-order valence-corrected chi connectivity index (χ3v) is 4.70. The highest BCUT2D eigenvalue weighted by Crippen LogP contribution is 2.42.